The summed E-state index contributed by atoms with van der Waals surface area (Å²) in [6, 6.07) is 0. The molecular formula is C11H18S. The second kappa shape index (κ2) is 3.69. The second-order valence-electron chi connectivity index (χ2n) is 4.50. The van der Waals surface area contributed by atoms with Gasteiger partial charge in [0.05, 0.1) is 0 Å². The van der Waals surface area contributed by atoms with Gasteiger partial charge >= 0.3 is 0 Å². The van der Waals surface area contributed by atoms with Crippen molar-refractivity contribution < 1.29 is 0 Å². The van der Waals surface area contributed by atoms with E-state index in [9.17, 15) is 0 Å². The van der Waals surface area contributed by atoms with Crippen molar-refractivity contribution in [2.45, 2.75) is 32.9 Å². The quantitative estimate of drug-likeness (QED) is 0.513. The summed E-state index contributed by atoms with van der Waals surface area (Å²) in [6.07, 6.45) is 6.90. The lowest BCUT2D eigenvalue weighted by Gasteiger charge is -2.25. The molecule has 0 spiro atoms. The van der Waals surface area contributed by atoms with Crippen LogP contribution in [0.25, 0.3) is 0 Å². The normalized spacial score (nSPS) is 30.3. The molecule has 2 unspecified atom stereocenters. The average molecular weight is 182 g/mol. The summed E-state index contributed by atoms with van der Waals surface area (Å²) >= 11 is 1.93. The van der Waals surface area contributed by atoms with E-state index in [1.165, 1.54) is 0 Å². The van der Waals surface area contributed by atoms with Crippen molar-refractivity contribution in [1.29, 1.82) is 0 Å². The maximum absolute atomic E-state index is 2.34. The molecule has 1 aliphatic heterocycles. The van der Waals surface area contributed by atoms with E-state index in [4.69, 9.17) is 0 Å². The number of hydrogen-bond donors (Lipinski definition) is 0. The van der Waals surface area contributed by atoms with E-state index < -0.39 is 0 Å². The van der Waals surface area contributed by atoms with Gasteiger partial charge in [0.2, 0.25) is 0 Å². The Labute approximate surface area is 80.1 Å². The highest BCUT2D eigenvalue weighted by Gasteiger charge is 2.22. The topological polar surface area (TPSA) is 0 Å². The highest BCUT2D eigenvalue weighted by Crippen LogP contribution is 2.34. The Morgan fingerprint density at radius 1 is 1.08 bits per heavy atom. The van der Waals surface area contributed by atoms with Crippen molar-refractivity contribution in [1.82, 2.24) is 0 Å². The van der Waals surface area contributed by atoms with Gasteiger partial charge in [0, 0.05) is 5.25 Å². The Balaban J connectivity index is 2.70. The first-order valence-corrected chi connectivity index (χ1v) is 5.45. The molecule has 0 fully saturated rings. The molecule has 0 bridgehead atoms. The number of rotatable bonds is 0. The van der Waals surface area contributed by atoms with Gasteiger partial charge in [0.1, 0.15) is 0 Å². The highest BCUT2D eigenvalue weighted by atomic mass is 32.2. The van der Waals surface area contributed by atoms with E-state index in [-0.39, 0.29) is 0 Å². The van der Waals surface area contributed by atoms with Gasteiger partial charge in [-0.3, -0.25) is 0 Å². The molecule has 0 saturated carbocycles. The number of thioether (sulfide) groups is 1. The third-order valence-electron chi connectivity index (χ3n) is 2.05. The summed E-state index contributed by atoms with van der Waals surface area (Å²) in [5.74, 6) is 0.602. The van der Waals surface area contributed by atoms with Crippen LogP contribution in [0.2, 0.25) is 0 Å². The van der Waals surface area contributed by atoms with Gasteiger partial charge in [-0.1, -0.05) is 45.9 Å². The van der Waals surface area contributed by atoms with Crippen LogP contribution in [-0.4, -0.2) is 5.25 Å². The Bertz CT molecular complexity index is 196. The summed E-state index contributed by atoms with van der Waals surface area (Å²) in [5.41, 5.74) is 0.371. The molecule has 1 heterocycles. The van der Waals surface area contributed by atoms with Crippen LogP contribution in [0.5, 0.6) is 0 Å². The lowest BCUT2D eigenvalue weighted by Crippen LogP contribution is -2.19. The third-order valence-corrected chi connectivity index (χ3v) is 3.52. The average Bonchev–Trinajstić information content (AvgIpc) is 2.11. The van der Waals surface area contributed by atoms with Crippen LogP contribution in [0.15, 0.2) is 23.6 Å². The predicted octanol–water partition coefficient (Wildman–Crippen LogP) is 3.85. The summed E-state index contributed by atoms with van der Waals surface area (Å²) < 4.78 is 0. The van der Waals surface area contributed by atoms with Gasteiger partial charge in [0.15, 0.2) is 0 Å². The van der Waals surface area contributed by atoms with Crippen molar-refractivity contribution in [3.8, 4) is 0 Å². The molecule has 0 saturated heterocycles. The van der Waals surface area contributed by atoms with Gasteiger partial charge < -0.3 is 0 Å². The Morgan fingerprint density at radius 2 is 1.75 bits per heavy atom. The van der Waals surface area contributed by atoms with Gasteiger partial charge in [-0.2, -0.15) is 0 Å². The minimum Gasteiger partial charge on any atom is -0.126 e. The third kappa shape index (κ3) is 2.71. The molecule has 0 aromatic rings. The molecule has 0 aromatic heterocycles. The van der Waals surface area contributed by atoms with Gasteiger partial charge in [-0.25, -0.2) is 0 Å². The molecule has 1 rings (SSSR count). The molecular weight excluding hydrogens is 164 g/mol. The maximum atomic E-state index is 2.34. The smallest absolute Gasteiger partial charge is 0.0317 e. The molecule has 0 aliphatic carbocycles. The zero-order valence-corrected chi connectivity index (χ0v) is 9.19. The molecule has 0 nitrogen and oxygen atoms in total. The molecule has 68 valence electrons. The minimum absolute atomic E-state index is 0.371. The van der Waals surface area contributed by atoms with Crippen molar-refractivity contribution in [3.63, 3.8) is 0 Å². The molecule has 1 aliphatic rings. The minimum atomic E-state index is 0.371. The number of hydrogen-bond acceptors (Lipinski definition) is 1. The fraction of sp³-hybridized carbons (Fsp3) is 0.636. The van der Waals surface area contributed by atoms with E-state index in [1.807, 2.05) is 11.8 Å². The number of allylic oxidation sites excluding steroid dienone is 2. The van der Waals surface area contributed by atoms with Crippen molar-refractivity contribution in [2.75, 3.05) is 0 Å². The first kappa shape index (κ1) is 9.91. The first-order chi connectivity index (χ1) is 5.50. The second-order valence-corrected chi connectivity index (χ2v) is 5.55. The Morgan fingerprint density at radius 3 is 2.33 bits per heavy atom. The van der Waals surface area contributed by atoms with Crippen molar-refractivity contribution in [3.05, 3.63) is 23.6 Å². The van der Waals surface area contributed by atoms with E-state index >= 15 is 0 Å². The largest absolute Gasteiger partial charge is 0.126 e. The molecule has 1 heteroatoms. The predicted molar refractivity (Wildman–Crippen MR) is 58.3 cm³/mol. The monoisotopic (exact) mass is 182 g/mol. The van der Waals surface area contributed by atoms with Crippen molar-refractivity contribution >= 4 is 11.8 Å². The van der Waals surface area contributed by atoms with E-state index in [2.05, 4.69) is 51.3 Å². The van der Waals surface area contributed by atoms with Crippen LogP contribution < -0.4 is 0 Å². The molecule has 0 N–H and O–H groups in total. The standard InChI is InChI=1S/C11H18S/c1-9-5-6-10(11(2,3)4)12-8-7-9/h5-10H,1-4H3. The SMILES string of the molecule is CC1C=CSC(C(C)(C)C)C=C1. The van der Waals surface area contributed by atoms with Crippen LogP contribution in [0.3, 0.4) is 0 Å². The van der Waals surface area contributed by atoms with E-state index in [1.54, 1.807) is 0 Å². The van der Waals surface area contributed by atoms with E-state index in [0.29, 0.717) is 16.6 Å². The summed E-state index contributed by atoms with van der Waals surface area (Å²) in [4.78, 5) is 0. The van der Waals surface area contributed by atoms with Crippen LogP contribution in [-0.2, 0) is 0 Å². The zero-order valence-electron chi connectivity index (χ0n) is 8.37. The maximum Gasteiger partial charge on any atom is 0.0317 e. The molecule has 0 radical (unpaired) electrons. The van der Waals surface area contributed by atoms with Gasteiger partial charge in [-0.05, 0) is 16.7 Å². The Hall–Kier alpha value is -0.170. The highest BCUT2D eigenvalue weighted by molar-refractivity contribution is 8.02. The lowest BCUT2D eigenvalue weighted by atomic mass is 9.91. The molecule has 0 aromatic carbocycles. The van der Waals surface area contributed by atoms with E-state index in [0.717, 1.165) is 0 Å². The van der Waals surface area contributed by atoms with Gasteiger partial charge in [0.25, 0.3) is 0 Å². The zero-order chi connectivity index (χ0) is 9.19. The van der Waals surface area contributed by atoms with Gasteiger partial charge in [-0.15, -0.1) is 11.8 Å². The summed E-state index contributed by atoms with van der Waals surface area (Å²) in [5, 5.41) is 2.86. The lowest BCUT2D eigenvalue weighted by molar-refractivity contribution is 0.433. The fourth-order valence-corrected chi connectivity index (χ4v) is 2.23. The first-order valence-electron chi connectivity index (χ1n) is 4.50. The van der Waals surface area contributed by atoms with Crippen LogP contribution in [0, 0.1) is 11.3 Å². The van der Waals surface area contributed by atoms with Crippen molar-refractivity contribution in [2.24, 2.45) is 11.3 Å². The summed E-state index contributed by atoms with van der Waals surface area (Å²) in [6.45, 7) is 9.09. The molecule has 0 amide bonds. The fourth-order valence-electron chi connectivity index (χ4n) is 1.13. The Kier molecular flexibility index (Phi) is 3.05. The molecule has 12 heavy (non-hydrogen) atoms. The van der Waals surface area contributed by atoms with Crippen LogP contribution in [0.1, 0.15) is 27.7 Å². The summed E-state index contributed by atoms with van der Waals surface area (Å²) in [7, 11) is 0. The molecule has 2 atom stereocenters. The van der Waals surface area contributed by atoms with Crippen LogP contribution in [0.4, 0.5) is 0 Å². The van der Waals surface area contributed by atoms with Crippen LogP contribution >= 0.6 is 11.8 Å².